The van der Waals surface area contributed by atoms with E-state index in [2.05, 4.69) is 9.52 Å². The Morgan fingerprint density at radius 3 is 2.50 bits per heavy atom. The van der Waals surface area contributed by atoms with Gasteiger partial charge in [0.2, 0.25) is 5.76 Å². The zero-order valence-corrected chi connectivity index (χ0v) is 8.25. The highest BCUT2D eigenvalue weighted by molar-refractivity contribution is 5.56. The van der Waals surface area contributed by atoms with Crippen LogP contribution < -0.4 is 5.73 Å². The molecule has 86 valence electrons. The predicted molar refractivity (Wildman–Crippen MR) is 50.3 cm³/mol. The Morgan fingerprint density at radius 2 is 2.06 bits per heavy atom. The molecule has 0 saturated heterocycles. The minimum absolute atomic E-state index is 0.0413. The topological polar surface area (TPSA) is 57.0 Å². The van der Waals surface area contributed by atoms with Crippen LogP contribution >= 0.6 is 0 Å². The number of anilines is 1. The van der Waals surface area contributed by atoms with Crippen LogP contribution in [0.2, 0.25) is 0 Å². The van der Waals surface area contributed by atoms with Gasteiger partial charge in [0.05, 0.1) is 0 Å². The summed E-state index contributed by atoms with van der Waals surface area (Å²) in [4.78, 5) is 0. The molecule has 0 radical (unpaired) electrons. The van der Waals surface area contributed by atoms with Gasteiger partial charge in [-0.05, 0) is 12.1 Å². The molecule has 2 heterocycles. The minimum Gasteiger partial charge on any atom is -0.450 e. The first-order valence-electron chi connectivity index (χ1n) is 4.35. The summed E-state index contributed by atoms with van der Waals surface area (Å²) in [6, 6.07) is 3.52. The summed E-state index contributed by atoms with van der Waals surface area (Å²) < 4.78 is 42.8. The molecule has 0 aromatic carbocycles. The average molecular weight is 231 g/mol. The van der Waals surface area contributed by atoms with E-state index in [1.54, 1.807) is 7.05 Å². The van der Waals surface area contributed by atoms with Crippen LogP contribution in [0.3, 0.4) is 0 Å². The molecule has 0 unspecified atom stereocenters. The van der Waals surface area contributed by atoms with Gasteiger partial charge in [-0.25, -0.2) is 0 Å². The summed E-state index contributed by atoms with van der Waals surface area (Å²) in [5.41, 5.74) is 5.78. The van der Waals surface area contributed by atoms with E-state index >= 15 is 0 Å². The maximum absolute atomic E-state index is 12.3. The molecule has 4 nitrogen and oxygen atoms in total. The van der Waals surface area contributed by atoms with Crippen molar-refractivity contribution >= 4 is 5.82 Å². The fourth-order valence-electron chi connectivity index (χ4n) is 1.23. The van der Waals surface area contributed by atoms with Crippen LogP contribution in [-0.2, 0) is 13.2 Å². The lowest BCUT2D eigenvalue weighted by molar-refractivity contribution is -0.152. The Kier molecular flexibility index (Phi) is 2.18. The van der Waals surface area contributed by atoms with E-state index in [1.165, 1.54) is 16.8 Å². The Balaban J connectivity index is 2.39. The summed E-state index contributed by atoms with van der Waals surface area (Å²) in [7, 11) is 1.59. The first-order valence-corrected chi connectivity index (χ1v) is 4.35. The van der Waals surface area contributed by atoms with Crippen LogP contribution in [0, 0.1) is 0 Å². The van der Waals surface area contributed by atoms with Crippen molar-refractivity contribution in [2.75, 3.05) is 5.73 Å². The number of hydrogen-bond donors (Lipinski definition) is 1. The third-order valence-corrected chi connectivity index (χ3v) is 2.05. The number of alkyl halides is 3. The maximum Gasteiger partial charge on any atom is 0.449 e. The van der Waals surface area contributed by atoms with Crippen molar-refractivity contribution in [3.8, 4) is 11.5 Å². The fourth-order valence-corrected chi connectivity index (χ4v) is 1.23. The highest BCUT2D eigenvalue weighted by Crippen LogP contribution is 2.33. The number of halogens is 3. The number of nitrogens with zero attached hydrogens (tertiary/aromatic N) is 2. The summed E-state index contributed by atoms with van der Waals surface area (Å²) in [5.74, 6) is -0.661. The second-order valence-corrected chi connectivity index (χ2v) is 3.24. The molecule has 2 aromatic rings. The van der Waals surface area contributed by atoms with Crippen molar-refractivity contribution in [1.82, 2.24) is 9.78 Å². The molecule has 0 bridgehead atoms. The standard InChI is InChI=1S/C9H8F3N3O/c1-15-8(13)4-5(14-15)6-2-3-7(16-6)9(10,11)12/h2-4H,13H2,1H3. The Labute approximate surface area is 88.5 Å². The van der Waals surface area contributed by atoms with Gasteiger partial charge in [-0.3, -0.25) is 4.68 Å². The van der Waals surface area contributed by atoms with Crippen LogP contribution in [0.5, 0.6) is 0 Å². The molecule has 0 fully saturated rings. The number of aromatic nitrogens is 2. The molecule has 0 spiro atoms. The van der Waals surface area contributed by atoms with Crippen molar-refractivity contribution < 1.29 is 17.6 Å². The van der Waals surface area contributed by atoms with Crippen LogP contribution in [0.1, 0.15) is 5.76 Å². The molecule has 2 aromatic heterocycles. The molecule has 16 heavy (non-hydrogen) atoms. The van der Waals surface area contributed by atoms with Gasteiger partial charge >= 0.3 is 6.18 Å². The number of nitrogen functional groups attached to an aromatic ring is 1. The van der Waals surface area contributed by atoms with Crippen LogP contribution in [-0.4, -0.2) is 9.78 Å². The highest BCUT2D eigenvalue weighted by Gasteiger charge is 2.35. The van der Waals surface area contributed by atoms with Crippen LogP contribution in [0.15, 0.2) is 22.6 Å². The molecule has 0 aliphatic carbocycles. The van der Waals surface area contributed by atoms with E-state index in [4.69, 9.17) is 5.73 Å². The Morgan fingerprint density at radius 1 is 1.38 bits per heavy atom. The van der Waals surface area contributed by atoms with E-state index < -0.39 is 11.9 Å². The normalized spacial score (nSPS) is 12.0. The Hall–Kier alpha value is -1.92. The number of nitrogens with two attached hydrogens (primary N) is 1. The second kappa shape index (κ2) is 3.29. The molecule has 0 atom stereocenters. The molecule has 2 N–H and O–H groups in total. The first-order chi connectivity index (χ1) is 7.38. The number of rotatable bonds is 1. The molecular formula is C9H8F3N3O. The number of aryl methyl sites for hydroxylation is 1. The van der Waals surface area contributed by atoms with Crippen LogP contribution in [0.4, 0.5) is 19.0 Å². The largest absolute Gasteiger partial charge is 0.450 e. The summed E-state index contributed by atoms with van der Waals surface area (Å²) in [5, 5.41) is 3.91. The average Bonchev–Trinajstić information content (AvgIpc) is 2.73. The molecule has 0 saturated carbocycles. The van der Waals surface area contributed by atoms with Crippen molar-refractivity contribution in [1.29, 1.82) is 0 Å². The number of hydrogen-bond acceptors (Lipinski definition) is 3. The van der Waals surface area contributed by atoms with Gasteiger partial charge in [0.15, 0.2) is 5.76 Å². The van der Waals surface area contributed by atoms with Gasteiger partial charge in [-0.2, -0.15) is 18.3 Å². The van der Waals surface area contributed by atoms with Gasteiger partial charge < -0.3 is 10.2 Å². The summed E-state index contributed by atoms with van der Waals surface area (Å²) >= 11 is 0. The van der Waals surface area contributed by atoms with Crippen molar-refractivity contribution in [2.24, 2.45) is 7.05 Å². The zero-order valence-electron chi connectivity index (χ0n) is 8.25. The van der Waals surface area contributed by atoms with Crippen molar-refractivity contribution in [3.05, 3.63) is 24.0 Å². The summed E-state index contributed by atoms with van der Waals surface area (Å²) in [6.07, 6.45) is -4.49. The van der Waals surface area contributed by atoms with Gasteiger partial charge in [-0.1, -0.05) is 0 Å². The monoisotopic (exact) mass is 231 g/mol. The summed E-state index contributed by atoms with van der Waals surface area (Å²) in [6.45, 7) is 0. The third-order valence-electron chi connectivity index (χ3n) is 2.05. The number of furan rings is 1. The molecule has 0 amide bonds. The van der Waals surface area contributed by atoms with Crippen molar-refractivity contribution in [3.63, 3.8) is 0 Å². The lowest BCUT2D eigenvalue weighted by Crippen LogP contribution is -2.01. The zero-order chi connectivity index (χ0) is 11.9. The SMILES string of the molecule is Cn1nc(-c2ccc(C(F)(F)F)o2)cc1N. The Bertz CT molecular complexity index is 493. The highest BCUT2D eigenvalue weighted by atomic mass is 19.4. The van der Waals surface area contributed by atoms with E-state index in [9.17, 15) is 13.2 Å². The molecular weight excluding hydrogens is 223 g/mol. The maximum atomic E-state index is 12.3. The van der Waals surface area contributed by atoms with Gasteiger partial charge in [0.25, 0.3) is 0 Å². The van der Waals surface area contributed by atoms with E-state index in [0.29, 0.717) is 5.82 Å². The third kappa shape index (κ3) is 1.75. The van der Waals surface area contributed by atoms with Gasteiger partial charge in [0, 0.05) is 13.1 Å². The molecule has 7 heteroatoms. The van der Waals surface area contributed by atoms with Crippen LogP contribution in [0.25, 0.3) is 11.5 Å². The van der Waals surface area contributed by atoms with Gasteiger partial charge in [-0.15, -0.1) is 0 Å². The molecule has 2 rings (SSSR count). The molecule has 0 aliphatic rings. The van der Waals surface area contributed by atoms with Crippen molar-refractivity contribution in [2.45, 2.75) is 6.18 Å². The fraction of sp³-hybridized carbons (Fsp3) is 0.222. The molecule has 0 aliphatic heterocycles. The van der Waals surface area contributed by atoms with E-state index in [1.807, 2.05) is 0 Å². The lowest BCUT2D eigenvalue weighted by Gasteiger charge is -1.99. The minimum atomic E-state index is -4.49. The lowest BCUT2D eigenvalue weighted by atomic mass is 10.3. The predicted octanol–water partition coefficient (Wildman–Crippen LogP) is 2.28. The second-order valence-electron chi connectivity index (χ2n) is 3.24. The van der Waals surface area contributed by atoms with E-state index in [0.717, 1.165) is 6.07 Å². The first kappa shape index (κ1) is 10.6. The smallest absolute Gasteiger partial charge is 0.449 e. The van der Waals surface area contributed by atoms with Gasteiger partial charge in [0.1, 0.15) is 11.5 Å². The quantitative estimate of drug-likeness (QED) is 0.819. The van der Waals surface area contributed by atoms with E-state index in [-0.39, 0.29) is 11.5 Å².